The standard InChI is InChI=1S/C6H10N2O3/c1-11-6(10)5-4(9)2-3-7-8-5/h3-5,8-9H,2H2,1H3/t4-,5-/m0/s1. The van der Waals surface area contributed by atoms with Gasteiger partial charge in [0.25, 0.3) is 0 Å². The summed E-state index contributed by atoms with van der Waals surface area (Å²) in [5.41, 5.74) is 2.46. The van der Waals surface area contributed by atoms with Crippen molar-refractivity contribution in [3.05, 3.63) is 0 Å². The van der Waals surface area contributed by atoms with Crippen molar-refractivity contribution in [3.63, 3.8) is 0 Å². The number of carbonyl (C=O) groups is 1. The average molecular weight is 158 g/mol. The van der Waals surface area contributed by atoms with E-state index in [1.165, 1.54) is 13.3 Å². The highest BCUT2D eigenvalue weighted by Crippen LogP contribution is 2.03. The number of rotatable bonds is 1. The molecule has 11 heavy (non-hydrogen) atoms. The number of aliphatic hydroxyl groups is 1. The van der Waals surface area contributed by atoms with E-state index in [-0.39, 0.29) is 0 Å². The Balaban J connectivity index is 2.56. The number of nitrogens with one attached hydrogen (secondary N) is 1. The quantitative estimate of drug-likeness (QED) is 0.473. The van der Waals surface area contributed by atoms with Crippen LogP contribution in [0.1, 0.15) is 6.42 Å². The van der Waals surface area contributed by atoms with Gasteiger partial charge in [0.15, 0.2) is 6.04 Å². The molecule has 1 aliphatic heterocycles. The molecule has 2 N–H and O–H groups in total. The first-order valence-electron chi connectivity index (χ1n) is 3.28. The summed E-state index contributed by atoms with van der Waals surface area (Å²) in [5.74, 6) is -0.491. The van der Waals surface area contributed by atoms with Crippen LogP contribution in [-0.2, 0) is 9.53 Å². The molecule has 0 amide bonds. The maximum absolute atomic E-state index is 10.9. The molecule has 0 saturated carbocycles. The number of nitrogens with zero attached hydrogens (tertiary/aromatic N) is 1. The zero-order valence-electron chi connectivity index (χ0n) is 6.15. The Labute approximate surface area is 64.0 Å². The minimum absolute atomic E-state index is 0.382. The summed E-state index contributed by atoms with van der Waals surface area (Å²) in [6.07, 6.45) is 1.16. The van der Waals surface area contributed by atoms with Crippen LogP contribution in [0.25, 0.3) is 0 Å². The van der Waals surface area contributed by atoms with Crippen LogP contribution in [0.3, 0.4) is 0 Å². The van der Waals surface area contributed by atoms with Gasteiger partial charge in [-0.2, -0.15) is 5.10 Å². The third-order valence-electron chi connectivity index (χ3n) is 1.49. The molecule has 0 radical (unpaired) electrons. The maximum atomic E-state index is 10.9. The molecule has 0 bridgehead atoms. The normalized spacial score (nSPS) is 29.3. The fraction of sp³-hybridized carbons (Fsp3) is 0.667. The zero-order chi connectivity index (χ0) is 8.27. The lowest BCUT2D eigenvalue weighted by atomic mass is 10.1. The Morgan fingerprint density at radius 2 is 2.64 bits per heavy atom. The molecule has 1 aliphatic rings. The highest BCUT2D eigenvalue weighted by Gasteiger charge is 2.28. The molecule has 1 rings (SSSR count). The molecular weight excluding hydrogens is 148 g/mol. The van der Waals surface area contributed by atoms with Crippen LogP contribution in [0.15, 0.2) is 5.10 Å². The van der Waals surface area contributed by atoms with Gasteiger partial charge in [-0.05, 0) is 0 Å². The highest BCUT2D eigenvalue weighted by molar-refractivity contribution is 5.78. The summed E-state index contributed by atoms with van der Waals surface area (Å²) < 4.78 is 4.42. The largest absolute Gasteiger partial charge is 0.467 e. The number of esters is 1. The van der Waals surface area contributed by atoms with Crippen molar-refractivity contribution in [2.45, 2.75) is 18.6 Å². The first-order chi connectivity index (χ1) is 5.25. The van der Waals surface area contributed by atoms with Gasteiger partial charge in [-0.25, -0.2) is 4.79 Å². The van der Waals surface area contributed by atoms with Gasteiger partial charge in [-0.1, -0.05) is 0 Å². The lowest BCUT2D eigenvalue weighted by molar-refractivity contribution is -0.146. The number of ether oxygens (including phenoxy) is 1. The Hall–Kier alpha value is -1.10. The Morgan fingerprint density at radius 1 is 1.91 bits per heavy atom. The van der Waals surface area contributed by atoms with Gasteiger partial charge in [0.2, 0.25) is 0 Å². The van der Waals surface area contributed by atoms with Gasteiger partial charge in [-0.3, -0.25) is 5.43 Å². The molecule has 0 fully saturated rings. The summed E-state index contributed by atoms with van der Waals surface area (Å²) in [6, 6.07) is -0.718. The number of hydrogen-bond acceptors (Lipinski definition) is 5. The molecular formula is C6H10N2O3. The Morgan fingerprint density at radius 3 is 3.18 bits per heavy atom. The maximum Gasteiger partial charge on any atom is 0.332 e. The second-order valence-corrected chi connectivity index (χ2v) is 2.24. The third-order valence-corrected chi connectivity index (χ3v) is 1.49. The van der Waals surface area contributed by atoms with Crippen molar-refractivity contribution in [1.82, 2.24) is 5.43 Å². The van der Waals surface area contributed by atoms with Crippen molar-refractivity contribution in [1.29, 1.82) is 0 Å². The molecule has 0 unspecified atom stereocenters. The van der Waals surface area contributed by atoms with Gasteiger partial charge in [0.1, 0.15) is 0 Å². The van der Waals surface area contributed by atoms with E-state index in [0.29, 0.717) is 6.42 Å². The number of aliphatic hydroxyl groups excluding tert-OH is 1. The Bertz CT molecular complexity index is 181. The van der Waals surface area contributed by atoms with E-state index in [1.807, 2.05) is 0 Å². The van der Waals surface area contributed by atoms with E-state index in [1.54, 1.807) is 0 Å². The summed E-state index contributed by atoms with van der Waals surface area (Å²) >= 11 is 0. The van der Waals surface area contributed by atoms with Crippen LogP contribution in [-0.4, -0.2) is 36.5 Å². The van der Waals surface area contributed by atoms with Gasteiger partial charge in [0, 0.05) is 12.6 Å². The smallest absolute Gasteiger partial charge is 0.332 e. The molecule has 62 valence electrons. The molecule has 0 saturated heterocycles. The Kier molecular flexibility index (Phi) is 2.43. The van der Waals surface area contributed by atoms with Crippen LogP contribution >= 0.6 is 0 Å². The van der Waals surface area contributed by atoms with Crippen molar-refractivity contribution in [2.75, 3.05) is 7.11 Å². The van der Waals surface area contributed by atoms with Crippen LogP contribution < -0.4 is 5.43 Å². The predicted octanol–water partition coefficient (Wildman–Crippen LogP) is -1.13. The molecule has 5 heteroatoms. The highest BCUT2D eigenvalue weighted by atomic mass is 16.5. The molecule has 0 aromatic rings. The van der Waals surface area contributed by atoms with Crippen LogP contribution in [0.4, 0.5) is 0 Å². The number of hydrazone groups is 1. The zero-order valence-corrected chi connectivity index (χ0v) is 6.15. The molecule has 0 aliphatic carbocycles. The minimum atomic E-state index is -0.736. The summed E-state index contributed by atoms with van der Waals surface area (Å²) in [7, 11) is 1.27. The van der Waals surface area contributed by atoms with Gasteiger partial charge < -0.3 is 9.84 Å². The second-order valence-electron chi connectivity index (χ2n) is 2.24. The van der Waals surface area contributed by atoms with E-state index in [4.69, 9.17) is 0 Å². The van der Waals surface area contributed by atoms with Gasteiger partial charge in [0.05, 0.1) is 13.2 Å². The molecule has 2 atom stereocenters. The van der Waals surface area contributed by atoms with E-state index in [9.17, 15) is 9.90 Å². The van der Waals surface area contributed by atoms with Crippen molar-refractivity contribution in [2.24, 2.45) is 5.10 Å². The number of methoxy groups -OCH3 is 1. The van der Waals surface area contributed by atoms with Crippen LogP contribution in [0.5, 0.6) is 0 Å². The number of carbonyl (C=O) groups excluding carboxylic acids is 1. The van der Waals surface area contributed by atoms with E-state index < -0.39 is 18.1 Å². The molecule has 0 spiro atoms. The molecule has 5 nitrogen and oxygen atoms in total. The van der Waals surface area contributed by atoms with Crippen molar-refractivity contribution < 1.29 is 14.6 Å². The first kappa shape index (κ1) is 8.00. The summed E-state index contributed by atoms with van der Waals surface area (Å²) in [4.78, 5) is 10.9. The summed E-state index contributed by atoms with van der Waals surface area (Å²) in [5, 5.41) is 12.9. The predicted molar refractivity (Wildman–Crippen MR) is 38.1 cm³/mol. The molecule has 0 aromatic carbocycles. The lowest BCUT2D eigenvalue weighted by Gasteiger charge is -2.21. The van der Waals surface area contributed by atoms with E-state index in [0.717, 1.165) is 0 Å². The average Bonchev–Trinajstić information content (AvgIpc) is 2.04. The topological polar surface area (TPSA) is 70.9 Å². The SMILES string of the molecule is COC(=O)[C@H]1NN=CC[C@@H]1O. The van der Waals surface area contributed by atoms with Gasteiger partial charge in [-0.15, -0.1) is 0 Å². The summed E-state index contributed by atoms with van der Waals surface area (Å²) in [6.45, 7) is 0. The monoisotopic (exact) mass is 158 g/mol. The third kappa shape index (κ3) is 1.68. The van der Waals surface area contributed by atoms with Crippen LogP contribution in [0.2, 0.25) is 0 Å². The molecule has 0 aromatic heterocycles. The first-order valence-corrected chi connectivity index (χ1v) is 3.28. The van der Waals surface area contributed by atoms with E-state index >= 15 is 0 Å². The van der Waals surface area contributed by atoms with Crippen molar-refractivity contribution in [3.8, 4) is 0 Å². The van der Waals surface area contributed by atoms with Crippen LogP contribution in [0, 0.1) is 0 Å². The molecule has 1 heterocycles. The van der Waals surface area contributed by atoms with Gasteiger partial charge >= 0.3 is 5.97 Å². The lowest BCUT2D eigenvalue weighted by Crippen LogP contribution is -2.47. The number of hydrogen-bond donors (Lipinski definition) is 2. The fourth-order valence-electron chi connectivity index (χ4n) is 0.853. The fourth-order valence-corrected chi connectivity index (χ4v) is 0.853. The minimum Gasteiger partial charge on any atom is -0.467 e. The van der Waals surface area contributed by atoms with E-state index in [2.05, 4.69) is 15.3 Å². The second kappa shape index (κ2) is 3.34. The van der Waals surface area contributed by atoms with Crippen molar-refractivity contribution >= 4 is 12.2 Å².